The Bertz CT molecular complexity index is 390. The molecule has 1 rings (SSSR count). The summed E-state index contributed by atoms with van der Waals surface area (Å²) in [6, 6.07) is 4.68. The fourth-order valence-corrected chi connectivity index (χ4v) is 1.30. The molecule has 0 N–H and O–H groups in total. The van der Waals surface area contributed by atoms with Crippen LogP contribution < -0.4 is 4.74 Å². The number of benzene rings is 1. The average Bonchev–Trinajstić information content (AvgIpc) is 2.30. The van der Waals surface area contributed by atoms with Crippen molar-refractivity contribution < 1.29 is 19.1 Å². The normalized spacial score (nSPS) is 9.62. The SMILES string of the molecule is COC(=O)CCOc1ccc(C=O)cc1Cl. The molecule has 0 radical (unpaired) electrons. The molecule has 0 fully saturated rings. The summed E-state index contributed by atoms with van der Waals surface area (Å²) in [4.78, 5) is 21.3. The molecule has 86 valence electrons. The van der Waals surface area contributed by atoms with Crippen LogP contribution in [0.2, 0.25) is 5.02 Å². The van der Waals surface area contributed by atoms with Gasteiger partial charge in [-0.05, 0) is 18.2 Å². The van der Waals surface area contributed by atoms with Gasteiger partial charge >= 0.3 is 5.97 Å². The Labute approximate surface area is 98.1 Å². The molecule has 0 aromatic heterocycles. The predicted molar refractivity (Wildman–Crippen MR) is 59.0 cm³/mol. The molecule has 0 amide bonds. The molecule has 0 heterocycles. The maximum absolute atomic E-state index is 10.8. The maximum atomic E-state index is 10.8. The second-order valence-electron chi connectivity index (χ2n) is 2.98. The highest BCUT2D eigenvalue weighted by molar-refractivity contribution is 6.32. The molecule has 0 spiro atoms. The van der Waals surface area contributed by atoms with E-state index in [4.69, 9.17) is 16.3 Å². The lowest BCUT2D eigenvalue weighted by molar-refractivity contribution is -0.141. The van der Waals surface area contributed by atoms with Crippen molar-refractivity contribution in [3.05, 3.63) is 28.8 Å². The molecular weight excluding hydrogens is 232 g/mol. The van der Waals surface area contributed by atoms with Crippen LogP contribution in [0.1, 0.15) is 16.8 Å². The quantitative estimate of drug-likeness (QED) is 0.586. The Balaban J connectivity index is 2.54. The van der Waals surface area contributed by atoms with E-state index in [-0.39, 0.29) is 19.0 Å². The van der Waals surface area contributed by atoms with Crippen LogP contribution in [0, 0.1) is 0 Å². The number of esters is 1. The van der Waals surface area contributed by atoms with Gasteiger partial charge in [0.15, 0.2) is 0 Å². The standard InChI is InChI=1S/C11H11ClO4/c1-15-11(14)4-5-16-10-3-2-8(7-13)6-9(10)12/h2-3,6-7H,4-5H2,1H3. The third-order valence-corrected chi connectivity index (χ3v) is 2.18. The number of aldehydes is 1. The summed E-state index contributed by atoms with van der Waals surface area (Å²) in [5.41, 5.74) is 0.477. The number of carbonyl (C=O) groups is 2. The molecule has 0 saturated carbocycles. The first-order valence-electron chi connectivity index (χ1n) is 4.61. The number of ether oxygens (including phenoxy) is 2. The van der Waals surface area contributed by atoms with Gasteiger partial charge in [-0.3, -0.25) is 9.59 Å². The van der Waals surface area contributed by atoms with Gasteiger partial charge in [0.05, 0.1) is 25.2 Å². The van der Waals surface area contributed by atoms with Crippen molar-refractivity contribution >= 4 is 23.9 Å². The van der Waals surface area contributed by atoms with Crippen LogP contribution in [-0.4, -0.2) is 26.0 Å². The molecule has 0 aliphatic rings. The van der Waals surface area contributed by atoms with Gasteiger partial charge in [-0.2, -0.15) is 0 Å². The van der Waals surface area contributed by atoms with Crippen LogP contribution in [0.25, 0.3) is 0 Å². The third kappa shape index (κ3) is 3.55. The molecule has 0 saturated heterocycles. The lowest BCUT2D eigenvalue weighted by atomic mass is 10.2. The number of carbonyl (C=O) groups excluding carboxylic acids is 2. The van der Waals surface area contributed by atoms with Gasteiger partial charge < -0.3 is 9.47 Å². The van der Waals surface area contributed by atoms with Crippen LogP contribution in [-0.2, 0) is 9.53 Å². The first-order chi connectivity index (χ1) is 7.67. The molecule has 0 unspecified atom stereocenters. The van der Waals surface area contributed by atoms with Crippen molar-refractivity contribution in [1.29, 1.82) is 0 Å². The summed E-state index contributed by atoms with van der Waals surface area (Å²) in [5, 5.41) is 0.342. The third-order valence-electron chi connectivity index (χ3n) is 1.88. The number of hydrogen-bond acceptors (Lipinski definition) is 4. The van der Waals surface area contributed by atoms with E-state index in [1.165, 1.54) is 13.2 Å². The summed E-state index contributed by atoms with van der Waals surface area (Å²) in [7, 11) is 1.31. The summed E-state index contributed by atoms with van der Waals surface area (Å²) >= 11 is 5.86. The largest absolute Gasteiger partial charge is 0.491 e. The monoisotopic (exact) mass is 242 g/mol. The van der Waals surface area contributed by atoms with E-state index in [9.17, 15) is 9.59 Å². The van der Waals surface area contributed by atoms with Crippen molar-refractivity contribution in [3.63, 3.8) is 0 Å². The first kappa shape index (κ1) is 12.5. The Morgan fingerprint density at radius 2 is 2.25 bits per heavy atom. The minimum atomic E-state index is -0.347. The van der Waals surface area contributed by atoms with Crippen molar-refractivity contribution in [2.75, 3.05) is 13.7 Å². The number of rotatable bonds is 5. The van der Waals surface area contributed by atoms with E-state index in [1.807, 2.05) is 0 Å². The maximum Gasteiger partial charge on any atom is 0.308 e. The van der Waals surface area contributed by atoms with Gasteiger partial charge in [-0.25, -0.2) is 0 Å². The van der Waals surface area contributed by atoms with Gasteiger partial charge in [0.25, 0.3) is 0 Å². The highest BCUT2D eigenvalue weighted by Gasteiger charge is 2.05. The molecule has 1 aromatic rings. The smallest absolute Gasteiger partial charge is 0.308 e. The highest BCUT2D eigenvalue weighted by Crippen LogP contribution is 2.24. The molecule has 0 bridgehead atoms. The summed E-state index contributed by atoms with van der Waals surface area (Å²) in [6.45, 7) is 0.187. The lowest BCUT2D eigenvalue weighted by Crippen LogP contribution is -2.07. The topological polar surface area (TPSA) is 52.6 Å². The van der Waals surface area contributed by atoms with Crippen molar-refractivity contribution in [2.24, 2.45) is 0 Å². The van der Waals surface area contributed by atoms with E-state index in [2.05, 4.69) is 4.74 Å². The Morgan fingerprint density at radius 1 is 1.50 bits per heavy atom. The fraction of sp³-hybridized carbons (Fsp3) is 0.273. The highest BCUT2D eigenvalue weighted by atomic mass is 35.5. The van der Waals surface area contributed by atoms with E-state index >= 15 is 0 Å². The second-order valence-corrected chi connectivity index (χ2v) is 3.39. The van der Waals surface area contributed by atoms with Crippen LogP contribution in [0.5, 0.6) is 5.75 Å². The Morgan fingerprint density at radius 3 is 2.81 bits per heavy atom. The number of methoxy groups -OCH3 is 1. The zero-order valence-electron chi connectivity index (χ0n) is 8.73. The summed E-state index contributed by atoms with van der Waals surface area (Å²) < 4.78 is 9.72. The molecule has 0 atom stereocenters. The molecule has 16 heavy (non-hydrogen) atoms. The summed E-state index contributed by atoms with van der Waals surface area (Å²) in [6.07, 6.45) is 0.854. The van der Waals surface area contributed by atoms with Crippen LogP contribution >= 0.6 is 11.6 Å². The van der Waals surface area contributed by atoms with Gasteiger partial charge in [0.2, 0.25) is 0 Å². The van der Waals surface area contributed by atoms with Crippen molar-refractivity contribution in [3.8, 4) is 5.75 Å². The summed E-state index contributed by atoms with van der Waals surface area (Å²) in [5.74, 6) is 0.0943. The number of halogens is 1. The van der Waals surface area contributed by atoms with Crippen LogP contribution in [0.4, 0.5) is 0 Å². The lowest BCUT2D eigenvalue weighted by Gasteiger charge is -2.07. The second kappa shape index (κ2) is 6.12. The van der Waals surface area contributed by atoms with Crippen LogP contribution in [0.3, 0.4) is 0 Å². The Kier molecular flexibility index (Phi) is 4.79. The number of hydrogen-bond donors (Lipinski definition) is 0. The van der Waals surface area contributed by atoms with Gasteiger partial charge in [0, 0.05) is 5.56 Å². The zero-order valence-corrected chi connectivity index (χ0v) is 9.49. The van der Waals surface area contributed by atoms with Crippen LogP contribution in [0.15, 0.2) is 18.2 Å². The van der Waals surface area contributed by atoms with E-state index in [0.717, 1.165) is 0 Å². The first-order valence-corrected chi connectivity index (χ1v) is 4.99. The average molecular weight is 243 g/mol. The molecule has 1 aromatic carbocycles. The van der Waals surface area contributed by atoms with Gasteiger partial charge in [0.1, 0.15) is 12.0 Å². The van der Waals surface area contributed by atoms with E-state index < -0.39 is 0 Å². The van der Waals surface area contributed by atoms with E-state index in [1.54, 1.807) is 12.1 Å². The molecule has 0 aliphatic carbocycles. The van der Waals surface area contributed by atoms with E-state index in [0.29, 0.717) is 22.6 Å². The van der Waals surface area contributed by atoms with Gasteiger partial charge in [-0.1, -0.05) is 11.6 Å². The van der Waals surface area contributed by atoms with Crippen molar-refractivity contribution in [1.82, 2.24) is 0 Å². The molecule has 4 nitrogen and oxygen atoms in total. The minimum Gasteiger partial charge on any atom is -0.491 e. The minimum absolute atomic E-state index is 0.155. The molecule has 0 aliphatic heterocycles. The molecular formula is C11H11ClO4. The Hall–Kier alpha value is -1.55. The van der Waals surface area contributed by atoms with Gasteiger partial charge in [-0.15, -0.1) is 0 Å². The predicted octanol–water partition coefficient (Wildman–Crippen LogP) is 2.09. The zero-order chi connectivity index (χ0) is 12.0. The molecule has 5 heteroatoms. The van der Waals surface area contributed by atoms with Crippen molar-refractivity contribution in [2.45, 2.75) is 6.42 Å². The fourth-order valence-electron chi connectivity index (χ4n) is 1.05.